The highest BCUT2D eigenvalue weighted by atomic mass is 79.9. The summed E-state index contributed by atoms with van der Waals surface area (Å²) in [5, 5.41) is 3.33. The average Bonchev–Trinajstić information content (AvgIpc) is 3.44. The number of hydrogen-bond acceptors (Lipinski definition) is 4. The minimum absolute atomic E-state index is 0.0192. The lowest BCUT2D eigenvalue weighted by Gasteiger charge is -2.34. The van der Waals surface area contributed by atoms with E-state index in [2.05, 4.69) is 21.2 Å². The first-order valence-electron chi connectivity index (χ1n) is 13.3. The summed E-state index contributed by atoms with van der Waals surface area (Å²) in [6.07, 6.45) is 5.12. The van der Waals surface area contributed by atoms with Crippen molar-refractivity contribution >= 4 is 66.7 Å². The summed E-state index contributed by atoms with van der Waals surface area (Å²) in [7, 11) is -3.95. The number of nitrogens with one attached hydrogen (secondary N) is 1. The highest BCUT2D eigenvalue weighted by Gasteiger charge is 2.34. The molecular weight excluding hydrogens is 649 g/mol. The first-order chi connectivity index (χ1) is 19.5. The fourth-order valence-electron chi connectivity index (χ4n) is 5.03. The number of halogens is 3. The molecule has 0 radical (unpaired) electrons. The van der Waals surface area contributed by atoms with Crippen LogP contribution < -0.4 is 9.62 Å². The number of sulfonamides is 1. The zero-order valence-electron chi connectivity index (χ0n) is 22.6. The molecule has 1 fully saturated rings. The predicted octanol–water partition coefficient (Wildman–Crippen LogP) is 6.22. The quantitative estimate of drug-likeness (QED) is 0.261. The summed E-state index contributed by atoms with van der Waals surface area (Å²) in [4.78, 5) is 29.5. The summed E-state index contributed by atoms with van der Waals surface area (Å²) in [5.74, 6) is -0.815. The molecule has 1 aliphatic rings. The summed E-state index contributed by atoms with van der Waals surface area (Å²) in [5.41, 5.74) is 1.75. The largest absolute Gasteiger partial charge is 0.352 e. The molecule has 0 aliphatic heterocycles. The molecule has 2 amide bonds. The number of anilines is 1. The van der Waals surface area contributed by atoms with Crippen molar-refractivity contribution in [3.05, 3.63) is 98.4 Å². The molecule has 3 aromatic rings. The van der Waals surface area contributed by atoms with Crippen molar-refractivity contribution in [3.63, 3.8) is 0 Å². The van der Waals surface area contributed by atoms with Gasteiger partial charge in [-0.15, -0.1) is 0 Å². The van der Waals surface area contributed by atoms with Gasteiger partial charge in [-0.3, -0.25) is 13.9 Å². The maximum absolute atomic E-state index is 14.2. The number of amides is 2. The monoisotopic (exact) mass is 679 g/mol. The molecule has 41 heavy (non-hydrogen) atoms. The van der Waals surface area contributed by atoms with Gasteiger partial charge in [0.15, 0.2) is 0 Å². The van der Waals surface area contributed by atoms with E-state index in [4.69, 9.17) is 23.2 Å². The zero-order valence-corrected chi connectivity index (χ0v) is 26.5. The van der Waals surface area contributed by atoms with Crippen LogP contribution in [0, 0.1) is 0 Å². The molecule has 1 N–H and O–H groups in total. The van der Waals surface area contributed by atoms with Crippen LogP contribution in [0.5, 0.6) is 0 Å². The fraction of sp³-hybridized carbons (Fsp3) is 0.333. The van der Waals surface area contributed by atoms with E-state index in [1.807, 2.05) is 54.6 Å². The topological polar surface area (TPSA) is 86.8 Å². The first kappa shape index (κ1) is 31.3. The standard InChI is InChI=1S/C30H32BrCl2N3O4S/c1-41(39,40)36(26-16-8-15-25(32)29(26)33)20-28(37)35(19-22-11-7-12-23(31)17-22)27(18-21-9-3-2-4-10-21)30(38)34-24-13-5-6-14-24/h2-4,7-12,15-17,24,27H,5-6,13-14,18-20H2,1H3,(H,34,38)/t27-/m1/s1. The van der Waals surface area contributed by atoms with E-state index in [0.717, 1.165) is 51.8 Å². The fourth-order valence-corrected chi connectivity index (χ4v) is 6.78. The van der Waals surface area contributed by atoms with Gasteiger partial charge >= 0.3 is 0 Å². The molecule has 7 nitrogen and oxygen atoms in total. The second-order valence-corrected chi connectivity index (χ2v) is 13.8. The molecular formula is C30H32BrCl2N3O4S. The lowest BCUT2D eigenvalue weighted by molar-refractivity contribution is -0.140. The number of rotatable bonds is 11. The van der Waals surface area contributed by atoms with Crippen LogP contribution >= 0.6 is 39.1 Å². The maximum Gasteiger partial charge on any atom is 0.244 e. The number of carbonyl (C=O) groups is 2. The molecule has 11 heteroatoms. The Bertz CT molecular complexity index is 1480. The Labute approximate surface area is 260 Å². The Morgan fingerprint density at radius 2 is 1.63 bits per heavy atom. The van der Waals surface area contributed by atoms with E-state index in [9.17, 15) is 18.0 Å². The molecule has 0 bridgehead atoms. The minimum Gasteiger partial charge on any atom is -0.352 e. The maximum atomic E-state index is 14.2. The van der Waals surface area contributed by atoms with Crippen LogP contribution in [0.2, 0.25) is 10.0 Å². The van der Waals surface area contributed by atoms with E-state index in [1.54, 1.807) is 12.1 Å². The number of nitrogens with zero attached hydrogens (tertiary/aromatic N) is 2. The third-order valence-electron chi connectivity index (χ3n) is 7.09. The van der Waals surface area contributed by atoms with Crippen molar-refractivity contribution in [1.82, 2.24) is 10.2 Å². The van der Waals surface area contributed by atoms with Gasteiger partial charge in [0, 0.05) is 23.5 Å². The third kappa shape index (κ3) is 8.47. The molecule has 0 unspecified atom stereocenters. The smallest absolute Gasteiger partial charge is 0.244 e. The normalized spacial score (nSPS) is 14.4. The Hall–Kier alpha value is -2.59. The second-order valence-electron chi connectivity index (χ2n) is 10.2. The third-order valence-corrected chi connectivity index (χ3v) is 9.52. The van der Waals surface area contributed by atoms with Crippen molar-refractivity contribution in [2.75, 3.05) is 17.1 Å². The molecule has 0 heterocycles. The number of carbonyl (C=O) groups excluding carboxylic acids is 2. The zero-order chi connectivity index (χ0) is 29.6. The summed E-state index contributed by atoms with van der Waals surface area (Å²) in [6, 6.07) is 20.7. The Balaban J connectivity index is 1.74. The van der Waals surface area contributed by atoms with Crippen molar-refractivity contribution in [2.45, 2.75) is 50.7 Å². The van der Waals surface area contributed by atoms with Gasteiger partial charge < -0.3 is 10.2 Å². The predicted molar refractivity (Wildman–Crippen MR) is 168 cm³/mol. The first-order valence-corrected chi connectivity index (χ1v) is 16.7. The summed E-state index contributed by atoms with van der Waals surface area (Å²) < 4.78 is 27.7. The van der Waals surface area contributed by atoms with Crippen LogP contribution in [0.25, 0.3) is 0 Å². The van der Waals surface area contributed by atoms with Gasteiger partial charge in [-0.05, 0) is 48.2 Å². The van der Waals surface area contributed by atoms with Gasteiger partial charge in [0.25, 0.3) is 0 Å². The van der Waals surface area contributed by atoms with Crippen LogP contribution in [-0.4, -0.2) is 50.0 Å². The highest BCUT2D eigenvalue weighted by Crippen LogP contribution is 2.34. The molecule has 0 saturated heterocycles. The van der Waals surface area contributed by atoms with E-state index >= 15 is 0 Å². The Kier molecular flexibility index (Phi) is 10.7. The van der Waals surface area contributed by atoms with Gasteiger partial charge in [-0.25, -0.2) is 8.42 Å². The van der Waals surface area contributed by atoms with Crippen molar-refractivity contribution in [1.29, 1.82) is 0 Å². The van der Waals surface area contributed by atoms with Crippen LogP contribution in [-0.2, 0) is 32.6 Å². The molecule has 0 spiro atoms. The van der Waals surface area contributed by atoms with Gasteiger partial charge in [-0.2, -0.15) is 0 Å². The average molecular weight is 681 g/mol. The molecule has 1 saturated carbocycles. The Morgan fingerprint density at radius 1 is 0.976 bits per heavy atom. The highest BCUT2D eigenvalue weighted by molar-refractivity contribution is 9.10. The van der Waals surface area contributed by atoms with Gasteiger partial charge in [-0.1, -0.05) is 101 Å². The van der Waals surface area contributed by atoms with E-state index in [-0.39, 0.29) is 40.6 Å². The van der Waals surface area contributed by atoms with E-state index < -0.39 is 28.5 Å². The van der Waals surface area contributed by atoms with Gasteiger partial charge in [0.1, 0.15) is 12.6 Å². The molecule has 1 aliphatic carbocycles. The van der Waals surface area contributed by atoms with Crippen molar-refractivity contribution in [3.8, 4) is 0 Å². The van der Waals surface area contributed by atoms with Crippen molar-refractivity contribution < 1.29 is 18.0 Å². The number of hydrogen-bond donors (Lipinski definition) is 1. The molecule has 4 rings (SSSR count). The lowest BCUT2D eigenvalue weighted by Crippen LogP contribution is -2.54. The molecule has 1 atom stereocenters. The van der Waals surface area contributed by atoms with Gasteiger partial charge in [0.2, 0.25) is 21.8 Å². The molecule has 218 valence electrons. The molecule has 0 aromatic heterocycles. The lowest BCUT2D eigenvalue weighted by atomic mass is 10.0. The Morgan fingerprint density at radius 3 is 2.29 bits per heavy atom. The molecule has 3 aromatic carbocycles. The summed E-state index contributed by atoms with van der Waals surface area (Å²) >= 11 is 16.1. The van der Waals surface area contributed by atoms with Crippen LogP contribution in [0.15, 0.2) is 77.3 Å². The number of benzene rings is 3. The van der Waals surface area contributed by atoms with E-state index in [1.165, 1.54) is 11.0 Å². The van der Waals surface area contributed by atoms with Crippen LogP contribution in [0.1, 0.15) is 36.8 Å². The minimum atomic E-state index is -3.95. The van der Waals surface area contributed by atoms with Crippen molar-refractivity contribution in [2.24, 2.45) is 0 Å². The van der Waals surface area contributed by atoms with Gasteiger partial charge in [0.05, 0.1) is 22.0 Å². The van der Waals surface area contributed by atoms with E-state index in [0.29, 0.717) is 0 Å². The SMILES string of the molecule is CS(=O)(=O)N(CC(=O)N(Cc1cccc(Br)c1)[C@H](Cc1ccccc1)C(=O)NC1CCCC1)c1cccc(Cl)c1Cl. The summed E-state index contributed by atoms with van der Waals surface area (Å²) in [6.45, 7) is -0.469. The second kappa shape index (κ2) is 14.1. The van der Waals surface area contributed by atoms with Crippen LogP contribution in [0.4, 0.5) is 5.69 Å². The van der Waals surface area contributed by atoms with Crippen LogP contribution in [0.3, 0.4) is 0 Å².